The van der Waals surface area contributed by atoms with Crippen molar-refractivity contribution in [2.45, 2.75) is 12.2 Å². The maximum atomic E-state index is 8.80. The predicted octanol–water partition coefficient (Wildman–Crippen LogP) is 2.21. The molecule has 2 atom stereocenters. The summed E-state index contributed by atoms with van der Waals surface area (Å²) >= 11 is 0. The molecule has 0 aliphatic carbocycles. The van der Waals surface area contributed by atoms with Gasteiger partial charge in [-0.15, -0.1) is 0 Å². The van der Waals surface area contributed by atoms with Gasteiger partial charge in [0.15, 0.2) is 6.10 Å². The summed E-state index contributed by atoms with van der Waals surface area (Å²) in [6.45, 7) is 0. The molecule has 0 amide bonds. The van der Waals surface area contributed by atoms with Crippen molar-refractivity contribution < 1.29 is 9.47 Å². The maximum Gasteiger partial charge on any atom is 0.175 e. The van der Waals surface area contributed by atoms with Gasteiger partial charge in [-0.3, -0.25) is 4.98 Å². The molecule has 4 heteroatoms. The summed E-state index contributed by atoms with van der Waals surface area (Å²) in [6.07, 6.45) is 1.27. The third-order valence-corrected chi connectivity index (χ3v) is 2.91. The van der Waals surface area contributed by atoms with Crippen LogP contribution in [0.15, 0.2) is 30.5 Å². The average molecular weight is 226 g/mol. The van der Waals surface area contributed by atoms with Crippen LogP contribution in [-0.2, 0) is 4.74 Å². The summed E-state index contributed by atoms with van der Waals surface area (Å²) in [5.74, 6) is 0.735. The molecule has 0 N–H and O–H groups in total. The van der Waals surface area contributed by atoms with Crippen molar-refractivity contribution in [1.82, 2.24) is 4.98 Å². The smallest absolute Gasteiger partial charge is 0.175 e. The Kier molecular flexibility index (Phi) is 2.20. The number of aromatic nitrogens is 1. The number of nitrogens with zero attached hydrogens (tertiary/aromatic N) is 2. The van der Waals surface area contributed by atoms with Crippen molar-refractivity contribution >= 4 is 10.9 Å². The number of pyridine rings is 1. The predicted molar refractivity (Wildman–Crippen MR) is 61.5 cm³/mol. The summed E-state index contributed by atoms with van der Waals surface area (Å²) in [7, 11) is 1.62. The van der Waals surface area contributed by atoms with E-state index in [9.17, 15) is 0 Å². The number of ether oxygens (including phenoxy) is 2. The number of fused-ring (bicyclic) bond motifs is 1. The van der Waals surface area contributed by atoms with Gasteiger partial charge in [0.2, 0.25) is 0 Å². The van der Waals surface area contributed by atoms with Crippen LogP contribution in [0, 0.1) is 11.3 Å². The molecule has 0 saturated carbocycles. The van der Waals surface area contributed by atoms with Crippen LogP contribution in [-0.4, -0.2) is 18.2 Å². The van der Waals surface area contributed by atoms with Crippen LogP contribution < -0.4 is 4.74 Å². The number of rotatable bonds is 2. The first-order valence-electron chi connectivity index (χ1n) is 5.32. The Morgan fingerprint density at radius 1 is 1.41 bits per heavy atom. The van der Waals surface area contributed by atoms with E-state index in [1.165, 1.54) is 0 Å². The van der Waals surface area contributed by atoms with Gasteiger partial charge in [-0.1, -0.05) is 12.1 Å². The van der Waals surface area contributed by atoms with Gasteiger partial charge in [0.1, 0.15) is 17.4 Å². The Labute approximate surface area is 98.4 Å². The summed E-state index contributed by atoms with van der Waals surface area (Å²) in [6, 6.07) is 9.74. The molecule has 2 heterocycles. The first-order chi connectivity index (χ1) is 8.35. The molecule has 1 aliphatic rings. The van der Waals surface area contributed by atoms with Crippen LogP contribution in [0.5, 0.6) is 5.75 Å². The monoisotopic (exact) mass is 226 g/mol. The van der Waals surface area contributed by atoms with Crippen LogP contribution in [0.4, 0.5) is 0 Å². The lowest BCUT2D eigenvalue weighted by molar-refractivity contribution is 0.396. The number of hydrogen-bond donors (Lipinski definition) is 0. The number of benzene rings is 1. The molecule has 17 heavy (non-hydrogen) atoms. The minimum absolute atomic E-state index is 0.127. The zero-order chi connectivity index (χ0) is 11.8. The molecule has 1 aliphatic heterocycles. The van der Waals surface area contributed by atoms with Crippen LogP contribution in [0.25, 0.3) is 10.9 Å². The van der Waals surface area contributed by atoms with E-state index in [0.717, 1.165) is 22.2 Å². The zero-order valence-electron chi connectivity index (χ0n) is 9.25. The molecule has 0 spiro atoms. The number of nitriles is 1. The number of hydrogen-bond acceptors (Lipinski definition) is 4. The Morgan fingerprint density at radius 3 is 3.00 bits per heavy atom. The Morgan fingerprint density at radius 2 is 2.29 bits per heavy atom. The number of methoxy groups -OCH3 is 1. The second-order valence-electron chi connectivity index (χ2n) is 3.86. The maximum absolute atomic E-state index is 8.80. The van der Waals surface area contributed by atoms with E-state index in [0.29, 0.717) is 0 Å². The molecule has 1 aromatic carbocycles. The lowest BCUT2D eigenvalue weighted by Crippen LogP contribution is -1.92. The molecule has 3 rings (SSSR count). The Hall–Kier alpha value is -2.12. The summed E-state index contributed by atoms with van der Waals surface area (Å²) in [5, 5.41) is 9.78. The van der Waals surface area contributed by atoms with Crippen LogP contribution in [0.2, 0.25) is 0 Å². The second-order valence-corrected chi connectivity index (χ2v) is 3.86. The molecule has 84 valence electrons. The lowest BCUT2D eigenvalue weighted by atomic mass is 10.0. The van der Waals surface area contributed by atoms with Gasteiger partial charge in [-0.05, 0) is 17.7 Å². The molecule has 1 fully saturated rings. The standard InChI is InChI=1S/C13H10N2O2/c1-16-10-5-4-9(13-11(7-14)17-13)8-3-2-6-15-12(8)10/h2-6,11,13H,1H3. The van der Waals surface area contributed by atoms with E-state index in [1.807, 2.05) is 24.3 Å². The average Bonchev–Trinajstić information content (AvgIpc) is 3.16. The van der Waals surface area contributed by atoms with E-state index in [1.54, 1.807) is 13.3 Å². The highest BCUT2D eigenvalue weighted by Crippen LogP contribution is 2.42. The highest BCUT2D eigenvalue weighted by molar-refractivity contribution is 5.88. The fraction of sp³-hybridized carbons (Fsp3) is 0.231. The molecule has 4 nitrogen and oxygen atoms in total. The van der Waals surface area contributed by atoms with Crippen molar-refractivity contribution in [3.8, 4) is 11.8 Å². The van der Waals surface area contributed by atoms with E-state index in [-0.39, 0.29) is 12.2 Å². The van der Waals surface area contributed by atoms with Gasteiger partial charge in [0.25, 0.3) is 0 Å². The summed E-state index contributed by atoms with van der Waals surface area (Å²) < 4.78 is 10.6. The molecule has 0 bridgehead atoms. The third-order valence-electron chi connectivity index (χ3n) is 2.91. The van der Waals surface area contributed by atoms with Crippen LogP contribution in [0.1, 0.15) is 11.7 Å². The molecule has 2 unspecified atom stereocenters. The largest absolute Gasteiger partial charge is 0.494 e. The van der Waals surface area contributed by atoms with E-state index in [4.69, 9.17) is 14.7 Å². The molecular formula is C13H10N2O2. The Balaban J connectivity index is 2.18. The quantitative estimate of drug-likeness (QED) is 0.736. The minimum atomic E-state index is -0.327. The highest BCUT2D eigenvalue weighted by atomic mass is 16.6. The van der Waals surface area contributed by atoms with Crippen molar-refractivity contribution in [3.63, 3.8) is 0 Å². The van der Waals surface area contributed by atoms with Gasteiger partial charge in [-0.25, -0.2) is 0 Å². The van der Waals surface area contributed by atoms with Gasteiger partial charge in [0, 0.05) is 11.6 Å². The molecule has 1 aromatic heterocycles. The van der Waals surface area contributed by atoms with E-state index < -0.39 is 0 Å². The molecule has 0 radical (unpaired) electrons. The first kappa shape index (κ1) is 10.1. The van der Waals surface area contributed by atoms with E-state index >= 15 is 0 Å². The lowest BCUT2D eigenvalue weighted by Gasteiger charge is -2.07. The third kappa shape index (κ3) is 1.52. The zero-order valence-corrected chi connectivity index (χ0v) is 9.25. The van der Waals surface area contributed by atoms with Crippen molar-refractivity contribution in [2.75, 3.05) is 7.11 Å². The second kappa shape index (κ2) is 3.72. The topological polar surface area (TPSA) is 58.4 Å². The normalized spacial score (nSPS) is 22.1. The van der Waals surface area contributed by atoms with E-state index in [2.05, 4.69) is 11.1 Å². The van der Waals surface area contributed by atoms with Crippen molar-refractivity contribution in [3.05, 3.63) is 36.0 Å². The Bertz CT molecular complexity index is 618. The SMILES string of the molecule is COc1ccc(C2OC2C#N)c2cccnc12. The van der Waals surface area contributed by atoms with Crippen molar-refractivity contribution in [2.24, 2.45) is 0 Å². The highest BCUT2D eigenvalue weighted by Gasteiger charge is 2.41. The van der Waals surface area contributed by atoms with Gasteiger partial charge >= 0.3 is 0 Å². The first-order valence-corrected chi connectivity index (χ1v) is 5.32. The molecule has 1 saturated heterocycles. The van der Waals surface area contributed by atoms with Crippen LogP contribution >= 0.6 is 0 Å². The van der Waals surface area contributed by atoms with Gasteiger partial charge in [-0.2, -0.15) is 5.26 Å². The molecular weight excluding hydrogens is 216 g/mol. The van der Waals surface area contributed by atoms with Crippen molar-refractivity contribution in [1.29, 1.82) is 5.26 Å². The summed E-state index contributed by atoms with van der Waals surface area (Å²) in [5.41, 5.74) is 1.81. The minimum Gasteiger partial charge on any atom is -0.494 e. The van der Waals surface area contributed by atoms with Gasteiger partial charge in [0.05, 0.1) is 13.2 Å². The fourth-order valence-electron chi connectivity index (χ4n) is 2.03. The van der Waals surface area contributed by atoms with Gasteiger partial charge < -0.3 is 9.47 Å². The van der Waals surface area contributed by atoms with Crippen LogP contribution in [0.3, 0.4) is 0 Å². The molecule has 2 aromatic rings. The summed E-state index contributed by atoms with van der Waals surface area (Å²) in [4.78, 5) is 4.31. The fourth-order valence-corrected chi connectivity index (χ4v) is 2.03. The number of epoxide rings is 1.